The zero-order valence-corrected chi connectivity index (χ0v) is 10.3. The summed E-state index contributed by atoms with van der Waals surface area (Å²) in [5.41, 5.74) is 5.58. The van der Waals surface area contributed by atoms with Crippen LogP contribution in [0.4, 0.5) is 0 Å². The highest BCUT2D eigenvalue weighted by Gasteiger charge is 2.37. The molecule has 0 saturated carbocycles. The third-order valence-corrected chi connectivity index (χ3v) is 2.68. The lowest BCUT2D eigenvalue weighted by Crippen LogP contribution is -2.60. The molecular weight excluding hydrogens is 218 g/mol. The van der Waals surface area contributed by atoms with Gasteiger partial charge >= 0.3 is 0 Å². The van der Waals surface area contributed by atoms with Gasteiger partial charge in [-0.05, 0) is 26.0 Å². The summed E-state index contributed by atoms with van der Waals surface area (Å²) in [6, 6.07) is 9.60. The summed E-state index contributed by atoms with van der Waals surface area (Å²) in [6.07, 6.45) is 0. The molecule has 0 aromatic heterocycles. The minimum absolute atomic E-state index is 0.382. The van der Waals surface area contributed by atoms with E-state index in [2.05, 4.69) is 0 Å². The Morgan fingerprint density at radius 1 is 1.18 bits per heavy atom. The fraction of sp³-hybridized carbons (Fsp3) is 0.538. The Kier molecular flexibility index (Phi) is 3.38. The molecule has 1 aromatic carbocycles. The zero-order chi connectivity index (χ0) is 12.4. The van der Waals surface area contributed by atoms with Gasteiger partial charge in [-0.25, -0.2) is 0 Å². The van der Waals surface area contributed by atoms with Crippen molar-refractivity contribution in [1.82, 2.24) is 0 Å². The first-order valence-corrected chi connectivity index (χ1v) is 5.74. The Bertz CT molecular complexity index is 354. The Morgan fingerprint density at radius 3 is 2.35 bits per heavy atom. The van der Waals surface area contributed by atoms with Crippen molar-refractivity contribution in [1.29, 1.82) is 0 Å². The number of hydrogen-bond donors (Lipinski definition) is 1. The van der Waals surface area contributed by atoms with E-state index in [1.807, 2.05) is 44.2 Å². The number of hydrogen-bond acceptors (Lipinski definition) is 4. The predicted molar refractivity (Wildman–Crippen MR) is 64.8 cm³/mol. The van der Waals surface area contributed by atoms with Crippen LogP contribution >= 0.6 is 0 Å². The topological polar surface area (TPSA) is 53.7 Å². The van der Waals surface area contributed by atoms with Crippen LogP contribution in [0, 0.1) is 0 Å². The van der Waals surface area contributed by atoms with Crippen LogP contribution in [-0.4, -0.2) is 31.1 Å². The van der Waals surface area contributed by atoms with Crippen molar-refractivity contribution in [2.45, 2.75) is 25.2 Å². The molecule has 0 amide bonds. The SMILES string of the molecule is CC1(C)OCC(N)(COc2ccccc2)CO1. The molecule has 2 rings (SSSR count). The van der Waals surface area contributed by atoms with E-state index < -0.39 is 11.3 Å². The molecule has 17 heavy (non-hydrogen) atoms. The quantitative estimate of drug-likeness (QED) is 0.866. The van der Waals surface area contributed by atoms with Gasteiger partial charge in [-0.15, -0.1) is 0 Å². The molecule has 0 spiro atoms. The maximum Gasteiger partial charge on any atom is 0.162 e. The van der Waals surface area contributed by atoms with E-state index in [0.717, 1.165) is 5.75 Å². The van der Waals surface area contributed by atoms with Crippen LogP contribution in [0.15, 0.2) is 30.3 Å². The molecule has 1 aliphatic heterocycles. The number of nitrogens with two attached hydrogens (primary N) is 1. The van der Waals surface area contributed by atoms with Crippen LogP contribution < -0.4 is 10.5 Å². The first-order chi connectivity index (χ1) is 7.99. The normalized spacial score (nSPS) is 22.1. The number of ether oxygens (including phenoxy) is 3. The third kappa shape index (κ3) is 3.43. The van der Waals surface area contributed by atoms with E-state index in [1.165, 1.54) is 0 Å². The average molecular weight is 237 g/mol. The van der Waals surface area contributed by atoms with Crippen molar-refractivity contribution in [3.05, 3.63) is 30.3 Å². The van der Waals surface area contributed by atoms with Gasteiger partial charge in [-0.2, -0.15) is 0 Å². The van der Waals surface area contributed by atoms with Crippen LogP contribution in [0.2, 0.25) is 0 Å². The molecule has 0 bridgehead atoms. The first-order valence-electron chi connectivity index (χ1n) is 5.74. The second-order valence-corrected chi connectivity index (χ2v) is 4.94. The maximum absolute atomic E-state index is 6.15. The summed E-state index contributed by atoms with van der Waals surface area (Å²) in [4.78, 5) is 0. The zero-order valence-electron chi connectivity index (χ0n) is 10.3. The van der Waals surface area contributed by atoms with Gasteiger partial charge in [0, 0.05) is 0 Å². The van der Waals surface area contributed by atoms with Gasteiger partial charge in [0.05, 0.1) is 18.8 Å². The highest BCUT2D eigenvalue weighted by atomic mass is 16.7. The highest BCUT2D eigenvalue weighted by Crippen LogP contribution is 2.22. The highest BCUT2D eigenvalue weighted by molar-refractivity contribution is 5.21. The smallest absolute Gasteiger partial charge is 0.162 e. The minimum atomic E-state index is -0.578. The molecule has 0 radical (unpaired) electrons. The molecule has 0 aliphatic carbocycles. The largest absolute Gasteiger partial charge is 0.491 e. The van der Waals surface area contributed by atoms with Gasteiger partial charge in [-0.1, -0.05) is 18.2 Å². The van der Waals surface area contributed by atoms with Gasteiger partial charge in [-0.3, -0.25) is 0 Å². The summed E-state index contributed by atoms with van der Waals surface area (Å²) in [5.74, 6) is 0.262. The average Bonchev–Trinajstić information content (AvgIpc) is 2.33. The van der Waals surface area contributed by atoms with E-state index in [9.17, 15) is 0 Å². The lowest BCUT2D eigenvalue weighted by molar-refractivity contribution is -0.269. The minimum Gasteiger partial charge on any atom is -0.491 e. The molecule has 1 aliphatic rings. The van der Waals surface area contributed by atoms with Crippen molar-refractivity contribution in [3.8, 4) is 5.75 Å². The summed E-state index contributed by atoms with van der Waals surface area (Å²) in [5, 5.41) is 0. The van der Waals surface area contributed by atoms with Gasteiger partial charge < -0.3 is 19.9 Å². The van der Waals surface area contributed by atoms with Gasteiger partial charge in [0.1, 0.15) is 12.4 Å². The van der Waals surface area contributed by atoms with Crippen LogP contribution in [0.5, 0.6) is 5.75 Å². The molecule has 0 unspecified atom stereocenters. The third-order valence-electron chi connectivity index (χ3n) is 2.68. The monoisotopic (exact) mass is 237 g/mol. The lowest BCUT2D eigenvalue weighted by atomic mass is 10.0. The molecule has 4 nitrogen and oxygen atoms in total. The van der Waals surface area contributed by atoms with Crippen LogP contribution in [0.3, 0.4) is 0 Å². The van der Waals surface area contributed by atoms with Crippen molar-refractivity contribution >= 4 is 0 Å². The van der Waals surface area contributed by atoms with E-state index in [1.54, 1.807) is 0 Å². The van der Waals surface area contributed by atoms with Crippen molar-refractivity contribution in [2.24, 2.45) is 5.73 Å². The second kappa shape index (κ2) is 4.64. The Labute approximate surface area is 102 Å². The molecule has 1 aromatic rings. The molecule has 4 heteroatoms. The summed E-state index contributed by atoms with van der Waals surface area (Å²) in [7, 11) is 0. The Morgan fingerprint density at radius 2 is 1.76 bits per heavy atom. The van der Waals surface area contributed by atoms with Gasteiger partial charge in [0.25, 0.3) is 0 Å². The van der Waals surface area contributed by atoms with Crippen LogP contribution in [-0.2, 0) is 9.47 Å². The van der Waals surface area contributed by atoms with E-state index in [4.69, 9.17) is 19.9 Å². The second-order valence-electron chi connectivity index (χ2n) is 4.94. The van der Waals surface area contributed by atoms with E-state index in [0.29, 0.717) is 19.8 Å². The van der Waals surface area contributed by atoms with Crippen LogP contribution in [0.1, 0.15) is 13.8 Å². The Balaban J connectivity index is 1.87. The summed E-state index contributed by atoms with van der Waals surface area (Å²) >= 11 is 0. The van der Waals surface area contributed by atoms with Crippen molar-refractivity contribution in [3.63, 3.8) is 0 Å². The molecular formula is C13H19NO3. The number of rotatable bonds is 3. The fourth-order valence-corrected chi connectivity index (χ4v) is 1.55. The van der Waals surface area contributed by atoms with Crippen molar-refractivity contribution < 1.29 is 14.2 Å². The van der Waals surface area contributed by atoms with Crippen LogP contribution in [0.25, 0.3) is 0 Å². The molecule has 94 valence electrons. The molecule has 1 saturated heterocycles. The standard InChI is InChI=1S/C13H19NO3/c1-12(2)16-9-13(14,10-17-12)8-15-11-6-4-3-5-7-11/h3-7H,8-10,14H2,1-2H3. The number of para-hydroxylation sites is 1. The first kappa shape index (κ1) is 12.4. The molecule has 2 N–H and O–H groups in total. The van der Waals surface area contributed by atoms with E-state index >= 15 is 0 Å². The van der Waals surface area contributed by atoms with E-state index in [-0.39, 0.29) is 0 Å². The Hall–Kier alpha value is -1.10. The summed E-state index contributed by atoms with van der Waals surface area (Å²) < 4.78 is 16.7. The molecule has 1 fully saturated rings. The fourth-order valence-electron chi connectivity index (χ4n) is 1.55. The molecule has 1 heterocycles. The maximum atomic E-state index is 6.15. The predicted octanol–water partition coefficient (Wildman–Crippen LogP) is 1.55. The van der Waals surface area contributed by atoms with Gasteiger partial charge in [0.2, 0.25) is 0 Å². The molecule has 0 atom stereocenters. The summed E-state index contributed by atoms with van der Waals surface area (Å²) in [6.45, 7) is 5.02. The lowest BCUT2D eigenvalue weighted by Gasteiger charge is -2.40. The van der Waals surface area contributed by atoms with Gasteiger partial charge in [0.15, 0.2) is 5.79 Å². The van der Waals surface area contributed by atoms with Crippen molar-refractivity contribution in [2.75, 3.05) is 19.8 Å². The number of benzene rings is 1.